The maximum Gasteiger partial charge on any atom is 0.334 e. The van der Waals surface area contributed by atoms with Gasteiger partial charge in [-0.3, -0.25) is 0 Å². The van der Waals surface area contributed by atoms with Crippen LogP contribution in [0.3, 0.4) is 0 Å². The molecule has 0 radical (unpaired) electrons. The molecule has 6 nitrogen and oxygen atoms in total. The van der Waals surface area contributed by atoms with Crippen molar-refractivity contribution in [2.24, 2.45) is 0 Å². The van der Waals surface area contributed by atoms with Gasteiger partial charge in [0.25, 0.3) is 10.0 Å². The molecule has 7 heteroatoms. The summed E-state index contributed by atoms with van der Waals surface area (Å²) < 4.78 is 27.6. The number of hydrogen-bond acceptors (Lipinski definition) is 4. The Hall–Kier alpha value is -2.64. The summed E-state index contributed by atoms with van der Waals surface area (Å²) in [5.74, 6) is 0. The Morgan fingerprint density at radius 2 is 1.63 bits per heavy atom. The van der Waals surface area contributed by atoms with Gasteiger partial charge in [0.05, 0.1) is 11.4 Å². The summed E-state index contributed by atoms with van der Waals surface area (Å²) >= 11 is 0. The molecule has 1 heterocycles. The van der Waals surface area contributed by atoms with Gasteiger partial charge in [-0.15, -0.1) is 0 Å². The normalized spacial score (nSPS) is 15.5. The quantitative estimate of drug-likeness (QED) is 0.708. The van der Waals surface area contributed by atoms with Gasteiger partial charge in [0.2, 0.25) is 0 Å². The third kappa shape index (κ3) is 5.29. The van der Waals surface area contributed by atoms with E-state index >= 15 is 0 Å². The van der Waals surface area contributed by atoms with Crippen molar-refractivity contribution < 1.29 is 13.2 Å². The molecule has 0 aliphatic carbocycles. The maximum absolute atomic E-state index is 13.3. The molecule has 0 bridgehead atoms. The van der Waals surface area contributed by atoms with Crippen molar-refractivity contribution >= 4 is 22.1 Å². The van der Waals surface area contributed by atoms with Gasteiger partial charge in [0, 0.05) is 26.2 Å². The predicted octanol–water partition coefficient (Wildman–Crippen LogP) is 3.46. The molecule has 0 saturated carbocycles. The molecule has 1 aliphatic rings. The zero-order chi connectivity index (χ0) is 21.6. The number of hydrogen-bond donors (Lipinski definition) is 0. The molecule has 0 spiro atoms. The molecular weight excluding hydrogens is 398 g/mol. The molecule has 0 atom stereocenters. The Kier molecular flexibility index (Phi) is 7.29. The van der Waals surface area contributed by atoms with Crippen LogP contribution in [0.2, 0.25) is 0 Å². The summed E-state index contributed by atoms with van der Waals surface area (Å²) in [7, 11) is -3.96. The third-order valence-corrected chi connectivity index (χ3v) is 7.05. The molecule has 1 saturated heterocycles. The standard InChI is InChI=1S/C23H29N3O3S/c1-3-24-16-18-25(19-17-24)23(27)26(15-7-10-21-8-5-4-6-9-21)30(28,29)22-13-11-20(2)12-14-22/h4-14H,3,15-19H2,1-2H3. The fraction of sp³-hybridized carbons (Fsp3) is 0.348. The number of nitrogens with zero attached hydrogens (tertiary/aromatic N) is 3. The minimum absolute atomic E-state index is 0.0159. The second-order valence-electron chi connectivity index (χ2n) is 7.37. The van der Waals surface area contributed by atoms with E-state index in [4.69, 9.17) is 0 Å². The number of sulfonamides is 1. The SMILES string of the molecule is CCN1CCN(C(=O)N(CC=Cc2ccccc2)S(=O)(=O)c2ccc(C)cc2)CC1. The molecule has 2 aromatic carbocycles. The topological polar surface area (TPSA) is 60.9 Å². The second-order valence-corrected chi connectivity index (χ2v) is 9.23. The third-order valence-electron chi connectivity index (χ3n) is 5.29. The summed E-state index contributed by atoms with van der Waals surface area (Å²) in [5.41, 5.74) is 1.92. The van der Waals surface area contributed by atoms with Crippen LogP contribution in [0.5, 0.6) is 0 Å². The number of likely N-dealkylation sites (N-methyl/N-ethyl adjacent to an activating group) is 1. The van der Waals surface area contributed by atoms with Crippen LogP contribution in [-0.4, -0.2) is 67.8 Å². The lowest BCUT2D eigenvalue weighted by Gasteiger charge is -2.36. The van der Waals surface area contributed by atoms with Crippen LogP contribution in [0.1, 0.15) is 18.1 Å². The van der Waals surface area contributed by atoms with Crippen LogP contribution < -0.4 is 0 Å². The van der Waals surface area contributed by atoms with Crippen molar-refractivity contribution in [3.63, 3.8) is 0 Å². The molecular formula is C23H29N3O3S. The van der Waals surface area contributed by atoms with Gasteiger partial charge < -0.3 is 9.80 Å². The minimum Gasteiger partial charge on any atom is -0.321 e. The lowest BCUT2D eigenvalue weighted by molar-refractivity contribution is 0.132. The predicted molar refractivity (Wildman–Crippen MR) is 120 cm³/mol. The van der Waals surface area contributed by atoms with Crippen LogP contribution in [0.15, 0.2) is 65.6 Å². The van der Waals surface area contributed by atoms with Crippen molar-refractivity contribution in [3.05, 3.63) is 71.8 Å². The summed E-state index contributed by atoms with van der Waals surface area (Å²) in [5, 5.41) is 0. The summed E-state index contributed by atoms with van der Waals surface area (Å²) in [6, 6.07) is 15.8. The minimum atomic E-state index is -3.96. The fourth-order valence-electron chi connectivity index (χ4n) is 3.38. The van der Waals surface area contributed by atoms with E-state index in [-0.39, 0.29) is 11.4 Å². The largest absolute Gasteiger partial charge is 0.334 e. The summed E-state index contributed by atoms with van der Waals surface area (Å²) in [6.07, 6.45) is 3.56. The molecule has 1 aliphatic heterocycles. The molecule has 2 aromatic rings. The van der Waals surface area contributed by atoms with Crippen molar-refractivity contribution in [2.75, 3.05) is 39.3 Å². The van der Waals surface area contributed by atoms with Crippen molar-refractivity contribution in [1.29, 1.82) is 0 Å². The van der Waals surface area contributed by atoms with Crippen LogP contribution in [0, 0.1) is 6.92 Å². The highest BCUT2D eigenvalue weighted by atomic mass is 32.2. The molecule has 1 fully saturated rings. The van der Waals surface area contributed by atoms with E-state index < -0.39 is 16.1 Å². The smallest absolute Gasteiger partial charge is 0.321 e. The molecule has 0 aromatic heterocycles. The monoisotopic (exact) mass is 427 g/mol. The fourth-order valence-corrected chi connectivity index (χ4v) is 4.72. The average molecular weight is 428 g/mol. The van der Waals surface area contributed by atoms with E-state index in [1.165, 1.54) is 0 Å². The van der Waals surface area contributed by atoms with Crippen LogP contribution >= 0.6 is 0 Å². The Balaban J connectivity index is 1.85. The number of carbonyl (C=O) groups is 1. The van der Waals surface area contributed by atoms with Gasteiger partial charge in [0.15, 0.2) is 0 Å². The first kappa shape index (κ1) is 22.1. The Labute approximate surface area is 179 Å². The number of aryl methyl sites for hydroxylation is 1. The number of urea groups is 1. The summed E-state index contributed by atoms with van der Waals surface area (Å²) in [6.45, 7) is 7.44. The maximum atomic E-state index is 13.3. The van der Waals surface area contributed by atoms with Crippen LogP contribution in [-0.2, 0) is 10.0 Å². The average Bonchev–Trinajstić information content (AvgIpc) is 2.77. The Morgan fingerprint density at radius 1 is 1.00 bits per heavy atom. The number of piperazine rings is 1. The molecule has 30 heavy (non-hydrogen) atoms. The van der Waals surface area contributed by atoms with Gasteiger partial charge in [-0.25, -0.2) is 17.5 Å². The molecule has 0 N–H and O–H groups in total. The molecule has 3 rings (SSSR count). The highest BCUT2D eigenvalue weighted by Gasteiger charge is 2.33. The van der Waals surface area contributed by atoms with Crippen molar-refractivity contribution in [3.8, 4) is 0 Å². The van der Waals surface area contributed by atoms with Crippen LogP contribution in [0.25, 0.3) is 6.08 Å². The Bertz CT molecular complexity index is 965. The highest BCUT2D eigenvalue weighted by Crippen LogP contribution is 2.19. The number of benzene rings is 2. The van der Waals surface area contributed by atoms with E-state index in [2.05, 4.69) is 11.8 Å². The van der Waals surface area contributed by atoms with E-state index in [9.17, 15) is 13.2 Å². The number of rotatable bonds is 6. The Morgan fingerprint density at radius 3 is 2.23 bits per heavy atom. The first-order valence-corrected chi connectivity index (χ1v) is 11.7. The van der Waals surface area contributed by atoms with Crippen molar-refractivity contribution in [2.45, 2.75) is 18.7 Å². The van der Waals surface area contributed by atoms with E-state index in [0.29, 0.717) is 13.1 Å². The lowest BCUT2D eigenvalue weighted by Crippen LogP contribution is -2.53. The van der Waals surface area contributed by atoms with Gasteiger partial charge in [0.1, 0.15) is 0 Å². The first-order chi connectivity index (χ1) is 14.4. The molecule has 0 unspecified atom stereocenters. The van der Waals surface area contributed by atoms with Crippen LogP contribution in [0.4, 0.5) is 4.79 Å². The van der Waals surface area contributed by atoms with Gasteiger partial charge in [-0.1, -0.05) is 67.1 Å². The summed E-state index contributed by atoms with van der Waals surface area (Å²) in [4.78, 5) is 17.3. The van der Waals surface area contributed by atoms with E-state index in [1.807, 2.05) is 43.3 Å². The zero-order valence-corrected chi connectivity index (χ0v) is 18.4. The number of carbonyl (C=O) groups excluding carboxylic acids is 1. The molecule has 160 valence electrons. The van der Waals surface area contributed by atoms with Crippen molar-refractivity contribution in [1.82, 2.24) is 14.1 Å². The molecule has 2 amide bonds. The number of amides is 2. The lowest BCUT2D eigenvalue weighted by atomic mass is 10.2. The van der Waals surface area contributed by atoms with E-state index in [0.717, 1.165) is 35.1 Å². The van der Waals surface area contributed by atoms with E-state index in [1.54, 1.807) is 35.2 Å². The van der Waals surface area contributed by atoms with Gasteiger partial charge in [-0.2, -0.15) is 0 Å². The van der Waals surface area contributed by atoms with Gasteiger partial charge >= 0.3 is 6.03 Å². The highest BCUT2D eigenvalue weighted by molar-refractivity contribution is 7.89. The second kappa shape index (κ2) is 9.91. The first-order valence-electron chi connectivity index (χ1n) is 10.2. The zero-order valence-electron chi connectivity index (χ0n) is 17.6. The van der Waals surface area contributed by atoms with Gasteiger partial charge in [-0.05, 0) is 31.2 Å².